The molecule has 0 N–H and O–H groups in total. The fraction of sp³-hybridized carbons (Fsp3) is 0.471. The molecule has 8 heteroatoms. The van der Waals surface area contributed by atoms with Crippen molar-refractivity contribution >= 4 is 5.91 Å². The van der Waals surface area contributed by atoms with Gasteiger partial charge in [-0.1, -0.05) is 0 Å². The van der Waals surface area contributed by atoms with Gasteiger partial charge in [-0.25, -0.2) is 0 Å². The van der Waals surface area contributed by atoms with Gasteiger partial charge in [0.15, 0.2) is 5.69 Å². The Labute approximate surface area is 143 Å². The fourth-order valence-corrected chi connectivity index (χ4v) is 3.27. The van der Waals surface area contributed by atoms with Crippen LogP contribution in [0.2, 0.25) is 0 Å². The zero-order valence-corrected chi connectivity index (χ0v) is 13.8. The van der Waals surface area contributed by atoms with Gasteiger partial charge in [0.1, 0.15) is 5.69 Å². The average molecular weight is 352 g/mol. The zero-order chi connectivity index (χ0) is 18.0. The van der Waals surface area contributed by atoms with E-state index in [-0.39, 0.29) is 11.7 Å². The van der Waals surface area contributed by atoms with Gasteiger partial charge >= 0.3 is 6.18 Å². The molecule has 0 radical (unpaired) electrons. The van der Waals surface area contributed by atoms with E-state index in [1.807, 2.05) is 12.1 Å². The molecule has 0 saturated carbocycles. The van der Waals surface area contributed by atoms with Crippen LogP contribution in [0.4, 0.5) is 13.2 Å². The highest BCUT2D eigenvalue weighted by atomic mass is 19.4. The lowest BCUT2D eigenvalue weighted by atomic mass is 10.0. The van der Waals surface area contributed by atoms with Crippen molar-refractivity contribution in [1.82, 2.24) is 19.7 Å². The third-order valence-corrected chi connectivity index (χ3v) is 4.54. The van der Waals surface area contributed by atoms with Crippen LogP contribution in [-0.2, 0) is 19.6 Å². The maximum absolute atomic E-state index is 12.9. The molecule has 1 saturated heterocycles. The van der Waals surface area contributed by atoms with Gasteiger partial charge < -0.3 is 4.90 Å². The van der Waals surface area contributed by atoms with Crippen molar-refractivity contribution in [3.63, 3.8) is 0 Å². The lowest BCUT2D eigenvalue weighted by Gasteiger charge is -2.24. The molecule has 0 aliphatic carbocycles. The van der Waals surface area contributed by atoms with Crippen LogP contribution in [0.15, 0.2) is 30.6 Å². The van der Waals surface area contributed by atoms with Gasteiger partial charge in [-0.3, -0.25) is 14.5 Å². The molecule has 2 aromatic heterocycles. The zero-order valence-electron chi connectivity index (χ0n) is 13.8. The van der Waals surface area contributed by atoms with E-state index in [9.17, 15) is 18.0 Å². The van der Waals surface area contributed by atoms with E-state index in [1.54, 1.807) is 17.3 Å². The number of likely N-dealkylation sites (tertiary alicyclic amines) is 1. The number of pyridine rings is 1. The molecular formula is C17H19F3N4O. The van der Waals surface area contributed by atoms with Crippen molar-refractivity contribution in [3.8, 4) is 0 Å². The summed E-state index contributed by atoms with van der Waals surface area (Å²) >= 11 is 0. The number of alkyl halides is 3. The topological polar surface area (TPSA) is 51.0 Å². The number of halogens is 3. The first-order chi connectivity index (χ1) is 11.9. The Morgan fingerprint density at radius 1 is 1.32 bits per heavy atom. The van der Waals surface area contributed by atoms with Crippen LogP contribution in [0.5, 0.6) is 0 Å². The summed E-state index contributed by atoms with van der Waals surface area (Å²) in [5, 5.41) is 3.77. The molecule has 1 aliphatic heterocycles. The third kappa shape index (κ3) is 3.83. The molecule has 0 spiro atoms. The van der Waals surface area contributed by atoms with Gasteiger partial charge in [0.2, 0.25) is 0 Å². The second-order valence-corrected chi connectivity index (χ2v) is 6.22. The van der Waals surface area contributed by atoms with Crippen molar-refractivity contribution in [2.45, 2.75) is 37.9 Å². The van der Waals surface area contributed by atoms with Gasteiger partial charge in [-0.2, -0.15) is 18.3 Å². The van der Waals surface area contributed by atoms with Crippen molar-refractivity contribution in [2.24, 2.45) is 7.05 Å². The molecule has 0 bridgehead atoms. The summed E-state index contributed by atoms with van der Waals surface area (Å²) in [4.78, 5) is 18.3. The maximum atomic E-state index is 12.9. The van der Waals surface area contributed by atoms with E-state index in [0.29, 0.717) is 6.54 Å². The number of carbonyl (C=O) groups excluding carboxylic acids is 1. The number of rotatable bonds is 4. The Hall–Kier alpha value is -2.38. The van der Waals surface area contributed by atoms with E-state index in [0.717, 1.165) is 42.0 Å². The van der Waals surface area contributed by atoms with Crippen LogP contribution in [-0.4, -0.2) is 38.2 Å². The van der Waals surface area contributed by atoms with Crippen molar-refractivity contribution in [1.29, 1.82) is 0 Å². The second-order valence-electron chi connectivity index (χ2n) is 6.22. The number of aromatic nitrogens is 3. The Balaban J connectivity index is 1.70. The van der Waals surface area contributed by atoms with Crippen LogP contribution in [0.25, 0.3) is 0 Å². The van der Waals surface area contributed by atoms with E-state index in [4.69, 9.17) is 0 Å². The van der Waals surface area contributed by atoms with E-state index < -0.39 is 17.8 Å². The molecule has 0 unspecified atom stereocenters. The number of amides is 1. The summed E-state index contributed by atoms with van der Waals surface area (Å²) in [5.41, 5.74) is 0.0699. The summed E-state index contributed by atoms with van der Waals surface area (Å²) in [5.74, 6) is -0.427. The minimum atomic E-state index is -4.52. The van der Waals surface area contributed by atoms with Gasteiger partial charge in [0, 0.05) is 38.1 Å². The van der Waals surface area contributed by atoms with Crippen LogP contribution in [0, 0.1) is 0 Å². The van der Waals surface area contributed by atoms with E-state index in [1.165, 1.54) is 7.05 Å². The fourth-order valence-electron chi connectivity index (χ4n) is 3.27. The van der Waals surface area contributed by atoms with E-state index >= 15 is 0 Å². The molecule has 0 aromatic carbocycles. The first kappa shape index (κ1) is 17.4. The molecule has 1 atom stereocenters. The molecule has 1 amide bonds. The van der Waals surface area contributed by atoms with Crippen LogP contribution in [0.1, 0.15) is 41.0 Å². The number of aryl methyl sites for hydroxylation is 2. The first-order valence-corrected chi connectivity index (χ1v) is 8.17. The summed E-state index contributed by atoms with van der Waals surface area (Å²) in [6.07, 6.45) is 2.20. The predicted molar refractivity (Wildman–Crippen MR) is 84.8 cm³/mol. The molecule has 3 heterocycles. The maximum Gasteiger partial charge on any atom is 0.433 e. The van der Waals surface area contributed by atoms with Crippen molar-refractivity contribution in [2.75, 3.05) is 6.54 Å². The molecule has 3 rings (SSSR count). The summed E-state index contributed by atoms with van der Waals surface area (Å²) in [7, 11) is 1.20. The normalized spacial score (nSPS) is 17.9. The summed E-state index contributed by atoms with van der Waals surface area (Å²) in [6.45, 7) is 0.553. The first-order valence-electron chi connectivity index (χ1n) is 8.17. The quantitative estimate of drug-likeness (QED) is 0.850. The lowest BCUT2D eigenvalue weighted by Crippen LogP contribution is -2.36. The number of nitrogens with zero attached hydrogens (tertiary/aromatic N) is 4. The average Bonchev–Trinajstić information content (AvgIpc) is 3.19. The standard InChI is InChI=1S/C17H19F3N4O/c1-23-15(17(18,19)20)11-14(22-23)16(25)24-10-2-3-13(24)5-4-12-6-8-21-9-7-12/h6-9,11,13H,2-5,10H2,1H3/t13-/m1/s1. The van der Waals surface area contributed by atoms with Gasteiger partial charge in [-0.05, 0) is 43.4 Å². The molecule has 1 aliphatic rings. The largest absolute Gasteiger partial charge is 0.433 e. The second kappa shape index (κ2) is 6.85. The minimum absolute atomic E-state index is 0.0250. The van der Waals surface area contributed by atoms with Gasteiger partial charge in [0.25, 0.3) is 5.91 Å². The molecule has 1 fully saturated rings. The number of hydrogen-bond donors (Lipinski definition) is 0. The van der Waals surface area contributed by atoms with E-state index in [2.05, 4.69) is 10.1 Å². The van der Waals surface area contributed by atoms with Crippen LogP contribution in [0.3, 0.4) is 0 Å². The Bertz CT molecular complexity index is 742. The molecule has 134 valence electrons. The Kier molecular flexibility index (Phi) is 4.78. The summed E-state index contributed by atoms with van der Waals surface area (Å²) < 4.78 is 39.4. The lowest BCUT2D eigenvalue weighted by molar-refractivity contribution is -0.143. The molecule has 2 aromatic rings. The van der Waals surface area contributed by atoms with Gasteiger partial charge in [-0.15, -0.1) is 0 Å². The highest BCUT2D eigenvalue weighted by Gasteiger charge is 2.37. The Morgan fingerprint density at radius 2 is 2.04 bits per heavy atom. The molecule has 5 nitrogen and oxygen atoms in total. The highest BCUT2D eigenvalue weighted by Crippen LogP contribution is 2.30. The van der Waals surface area contributed by atoms with Crippen LogP contribution >= 0.6 is 0 Å². The minimum Gasteiger partial charge on any atom is -0.334 e. The smallest absolute Gasteiger partial charge is 0.334 e. The predicted octanol–water partition coefficient (Wildman–Crippen LogP) is 3.07. The Morgan fingerprint density at radius 3 is 2.68 bits per heavy atom. The van der Waals surface area contributed by atoms with Crippen molar-refractivity contribution < 1.29 is 18.0 Å². The van der Waals surface area contributed by atoms with Gasteiger partial charge in [0.05, 0.1) is 0 Å². The number of hydrogen-bond acceptors (Lipinski definition) is 3. The third-order valence-electron chi connectivity index (χ3n) is 4.54. The SMILES string of the molecule is Cn1nc(C(=O)N2CCC[C@@H]2CCc2ccncc2)cc1C(F)(F)F. The molecule has 25 heavy (non-hydrogen) atoms. The summed E-state index contributed by atoms with van der Waals surface area (Å²) in [6, 6.07) is 4.71. The van der Waals surface area contributed by atoms with Crippen LogP contribution < -0.4 is 0 Å². The monoisotopic (exact) mass is 352 g/mol. The molecular weight excluding hydrogens is 333 g/mol. The number of carbonyl (C=O) groups is 1. The highest BCUT2D eigenvalue weighted by molar-refractivity contribution is 5.92. The van der Waals surface area contributed by atoms with Crippen molar-refractivity contribution in [3.05, 3.63) is 47.5 Å².